The van der Waals surface area contributed by atoms with Gasteiger partial charge in [-0.1, -0.05) is 18.2 Å². The molecule has 2 amide bonds. The van der Waals surface area contributed by atoms with Crippen LogP contribution in [0.15, 0.2) is 24.3 Å². The van der Waals surface area contributed by atoms with Gasteiger partial charge in [-0.25, -0.2) is 4.39 Å². The molecule has 2 rings (SSSR count). The summed E-state index contributed by atoms with van der Waals surface area (Å²) in [5, 5.41) is 14.2. The molecule has 1 aliphatic heterocycles. The maximum Gasteiger partial charge on any atom is 0.240 e. The van der Waals surface area contributed by atoms with Crippen molar-refractivity contribution in [3.63, 3.8) is 0 Å². The number of rotatable bonds is 6. The highest BCUT2D eigenvalue weighted by atomic mass is 19.1. The van der Waals surface area contributed by atoms with Gasteiger partial charge in [-0.3, -0.25) is 9.59 Å². The fraction of sp³-hybridized carbons (Fsp3) is 0.467. The van der Waals surface area contributed by atoms with Gasteiger partial charge in [0.05, 0.1) is 19.1 Å². The molecule has 1 unspecified atom stereocenters. The summed E-state index contributed by atoms with van der Waals surface area (Å²) in [5.74, 6) is -0.854. The molecule has 7 heteroatoms. The van der Waals surface area contributed by atoms with E-state index in [-0.39, 0.29) is 43.7 Å². The summed E-state index contributed by atoms with van der Waals surface area (Å²) in [5.41, 5.74) is 0.459. The number of nitrogens with zero attached hydrogens (tertiary/aromatic N) is 1. The van der Waals surface area contributed by atoms with Gasteiger partial charge >= 0.3 is 0 Å². The van der Waals surface area contributed by atoms with Gasteiger partial charge in [-0.15, -0.1) is 0 Å². The lowest BCUT2D eigenvalue weighted by Gasteiger charge is -2.33. The first kappa shape index (κ1) is 16.4. The summed E-state index contributed by atoms with van der Waals surface area (Å²) in [4.78, 5) is 25.6. The molecule has 0 saturated carbocycles. The van der Waals surface area contributed by atoms with Crippen LogP contribution in [-0.2, 0) is 16.1 Å². The number of hydrogen-bond acceptors (Lipinski definition) is 4. The molecule has 0 bridgehead atoms. The van der Waals surface area contributed by atoms with Crippen molar-refractivity contribution in [2.24, 2.45) is 0 Å². The van der Waals surface area contributed by atoms with E-state index in [4.69, 9.17) is 5.11 Å². The third kappa shape index (κ3) is 4.25. The van der Waals surface area contributed by atoms with Crippen LogP contribution in [0.2, 0.25) is 0 Å². The van der Waals surface area contributed by atoms with E-state index in [9.17, 15) is 14.0 Å². The third-order valence-corrected chi connectivity index (χ3v) is 3.52. The summed E-state index contributed by atoms with van der Waals surface area (Å²) >= 11 is 0. The van der Waals surface area contributed by atoms with Crippen LogP contribution in [0.3, 0.4) is 0 Å². The lowest BCUT2D eigenvalue weighted by Crippen LogP contribution is -2.56. The molecular formula is C15H20FN3O3. The first-order chi connectivity index (χ1) is 10.6. The normalized spacial score (nSPS) is 18.4. The van der Waals surface area contributed by atoms with E-state index >= 15 is 0 Å². The Hall–Kier alpha value is -1.99. The van der Waals surface area contributed by atoms with Gasteiger partial charge < -0.3 is 20.6 Å². The zero-order chi connectivity index (χ0) is 15.9. The Morgan fingerprint density at radius 3 is 2.95 bits per heavy atom. The second-order valence-electron chi connectivity index (χ2n) is 5.14. The molecule has 6 nitrogen and oxygen atoms in total. The first-order valence-corrected chi connectivity index (χ1v) is 7.25. The molecule has 1 aromatic carbocycles. The molecule has 1 aliphatic rings. The zero-order valence-corrected chi connectivity index (χ0v) is 12.2. The monoisotopic (exact) mass is 309 g/mol. The molecule has 0 aliphatic carbocycles. The van der Waals surface area contributed by atoms with Gasteiger partial charge in [0.25, 0.3) is 0 Å². The third-order valence-electron chi connectivity index (χ3n) is 3.52. The molecule has 22 heavy (non-hydrogen) atoms. The quantitative estimate of drug-likeness (QED) is 0.669. The summed E-state index contributed by atoms with van der Waals surface area (Å²) < 4.78 is 13.7. The van der Waals surface area contributed by atoms with Gasteiger partial charge in [0.15, 0.2) is 0 Å². The predicted molar refractivity (Wildman–Crippen MR) is 78.3 cm³/mol. The number of hydrogen-bond donors (Lipinski definition) is 3. The molecule has 0 radical (unpaired) electrons. The highest BCUT2D eigenvalue weighted by molar-refractivity contribution is 5.88. The largest absolute Gasteiger partial charge is 0.395 e. The molecule has 1 heterocycles. The van der Waals surface area contributed by atoms with Gasteiger partial charge in [-0.2, -0.15) is 0 Å². The molecule has 3 N–H and O–H groups in total. The van der Waals surface area contributed by atoms with Crippen molar-refractivity contribution in [1.82, 2.24) is 15.5 Å². The number of carbonyl (C=O) groups excluding carboxylic acids is 2. The average Bonchev–Trinajstić information content (AvgIpc) is 2.51. The molecule has 1 aromatic rings. The Labute approximate surface area is 128 Å². The van der Waals surface area contributed by atoms with Crippen LogP contribution in [0.5, 0.6) is 0 Å². The molecule has 1 saturated heterocycles. The first-order valence-electron chi connectivity index (χ1n) is 7.25. The number of piperazine rings is 1. The van der Waals surface area contributed by atoms with Gasteiger partial charge in [0.1, 0.15) is 5.82 Å². The molecular weight excluding hydrogens is 289 g/mol. The fourth-order valence-corrected chi connectivity index (χ4v) is 2.39. The van der Waals surface area contributed by atoms with Crippen molar-refractivity contribution in [1.29, 1.82) is 0 Å². The summed E-state index contributed by atoms with van der Waals surface area (Å²) in [6.45, 7) is 1.25. The summed E-state index contributed by atoms with van der Waals surface area (Å²) in [7, 11) is 0. The van der Waals surface area contributed by atoms with E-state index in [1.54, 1.807) is 23.1 Å². The highest BCUT2D eigenvalue weighted by Gasteiger charge is 2.30. The summed E-state index contributed by atoms with van der Waals surface area (Å²) in [6.07, 6.45) is 0.00655. The van der Waals surface area contributed by atoms with E-state index in [1.165, 1.54) is 6.07 Å². The number of amides is 2. The molecule has 1 atom stereocenters. The number of carbonyl (C=O) groups is 2. The van der Waals surface area contributed by atoms with E-state index in [2.05, 4.69) is 10.6 Å². The maximum atomic E-state index is 13.7. The maximum absolute atomic E-state index is 13.7. The van der Waals surface area contributed by atoms with Crippen molar-refractivity contribution < 1.29 is 19.1 Å². The summed E-state index contributed by atoms with van der Waals surface area (Å²) in [6, 6.07) is 5.73. The van der Waals surface area contributed by atoms with Gasteiger partial charge in [-0.05, 0) is 6.07 Å². The Bertz CT molecular complexity index is 539. The van der Waals surface area contributed by atoms with E-state index in [0.29, 0.717) is 18.7 Å². The van der Waals surface area contributed by atoms with Crippen LogP contribution >= 0.6 is 0 Å². The molecule has 1 fully saturated rings. The van der Waals surface area contributed by atoms with Crippen LogP contribution in [0.1, 0.15) is 12.0 Å². The molecule has 120 valence electrons. The lowest BCUT2D eigenvalue weighted by molar-refractivity contribution is -0.138. The Morgan fingerprint density at radius 1 is 1.45 bits per heavy atom. The Kier molecular flexibility index (Phi) is 5.85. The number of aliphatic hydroxyl groups is 1. The predicted octanol–water partition coefficient (Wildman–Crippen LogP) is -0.375. The molecule has 0 aromatic heterocycles. The van der Waals surface area contributed by atoms with Crippen LogP contribution < -0.4 is 10.6 Å². The fourth-order valence-electron chi connectivity index (χ4n) is 2.39. The van der Waals surface area contributed by atoms with E-state index < -0.39 is 6.04 Å². The topological polar surface area (TPSA) is 81.7 Å². The minimum Gasteiger partial charge on any atom is -0.395 e. The van der Waals surface area contributed by atoms with Crippen LogP contribution in [0, 0.1) is 5.82 Å². The van der Waals surface area contributed by atoms with Crippen molar-refractivity contribution >= 4 is 11.8 Å². The van der Waals surface area contributed by atoms with Crippen molar-refractivity contribution in [2.75, 3.05) is 26.2 Å². The number of nitrogens with one attached hydrogen (secondary N) is 2. The second-order valence-corrected chi connectivity index (χ2v) is 5.14. The van der Waals surface area contributed by atoms with Crippen molar-refractivity contribution in [2.45, 2.75) is 19.0 Å². The minimum atomic E-state index is -0.612. The van der Waals surface area contributed by atoms with Crippen molar-refractivity contribution in [3.8, 4) is 0 Å². The SMILES string of the molecule is O=C(CC1NCCN(Cc2ccccc2F)C1=O)NCCO. The lowest BCUT2D eigenvalue weighted by atomic mass is 10.1. The van der Waals surface area contributed by atoms with Gasteiger partial charge in [0.2, 0.25) is 11.8 Å². The second kappa shape index (κ2) is 7.86. The molecule has 0 spiro atoms. The number of aliphatic hydroxyl groups excluding tert-OH is 1. The van der Waals surface area contributed by atoms with Crippen LogP contribution in [-0.4, -0.2) is 54.1 Å². The minimum absolute atomic E-state index is 0.00655. The highest BCUT2D eigenvalue weighted by Crippen LogP contribution is 2.13. The van der Waals surface area contributed by atoms with E-state index in [1.807, 2.05) is 0 Å². The smallest absolute Gasteiger partial charge is 0.240 e. The Morgan fingerprint density at radius 2 is 2.23 bits per heavy atom. The van der Waals surface area contributed by atoms with Crippen molar-refractivity contribution in [3.05, 3.63) is 35.6 Å². The zero-order valence-electron chi connectivity index (χ0n) is 12.2. The number of benzene rings is 1. The van der Waals surface area contributed by atoms with E-state index in [0.717, 1.165) is 0 Å². The van der Waals surface area contributed by atoms with Crippen LogP contribution in [0.4, 0.5) is 4.39 Å². The van der Waals surface area contributed by atoms with Gasteiger partial charge in [0, 0.05) is 31.7 Å². The standard InChI is InChI=1S/C15H20FN3O3/c16-12-4-2-1-3-11(12)10-19-7-5-17-13(15(19)22)9-14(21)18-6-8-20/h1-4,13,17,20H,5-10H2,(H,18,21). The van der Waals surface area contributed by atoms with Crippen LogP contribution in [0.25, 0.3) is 0 Å². The number of halogens is 1. The average molecular weight is 309 g/mol. The Balaban J connectivity index is 1.95.